The van der Waals surface area contributed by atoms with Gasteiger partial charge in [0.2, 0.25) is 0 Å². The van der Waals surface area contributed by atoms with E-state index in [0.29, 0.717) is 50.8 Å². The first-order valence-corrected chi connectivity index (χ1v) is 11.8. The molecule has 4 aliphatic rings. The standard InChI is InChI=1S/C25H32O8/c1-28-10-11-30-12-13-31-15-20(27)33-25-9-7-18(26)23-24(25)8-3-4-17(25)14-16-5-6-19(29-2)22(32-23)21(16)24/h5-6,17,23H,3-4,7-15H2,1-2H3/t17-,23+,24+,25?/m1/s1. The molecule has 0 N–H and O–H groups in total. The normalized spacial score (nSPS) is 31.0. The van der Waals surface area contributed by atoms with Gasteiger partial charge in [0.1, 0.15) is 12.2 Å². The summed E-state index contributed by atoms with van der Waals surface area (Å²) in [6.45, 7) is 1.54. The third-order valence-electron chi connectivity index (χ3n) is 7.92. The van der Waals surface area contributed by atoms with E-state index in [1.165, 1.54) is 5.56 Å². The Morgan fingerprint density at radius 1 is 1.12 bits per heavy atom. The van der Waals surface area contributed by atoms with E-state index in [1.54, 1.807) is 14.2 Å². The van der Waals surface area contributed by atoms with Crippen LogP contribution in [0.15, 0.2) is 12.1 Å². The molecule has 8 heteroatoms. The molecule has 2 saturated carbocycles. The quantitative estimate of drug-likeness (QED) is 0.388. The molecule has 3 aliphatic carbocycles. The van der Waals surface area contributed by atoms with Crippen molar-refractivity contribution in [3.8, 4) is 11.5 Å². The summed E-state index contributed by atoms with van der Waals surface area (Å²) in [4.78, 5) is 26.1. The average molecular weight is 461 g/mol. The maximum Gasteiger partial charge on any atom is 0.332 e. The first-order chi connectivity index (χ1) is 16.1. The van der Waals surface area contributed by atoms with Crippen LogP contribution >= 0.6 is 0 Å². The van der Waals surface area contributed by atoms with Crippen molar-refractivity contribution in [2.24, 2.45) is 5.92 Å². The van der Waals surface area contributed by atoms with Gasteiger partial charge in [0.15, 0.2) is 23.4 Å². The van der Waals surface area contributed by atoms with Gasteiger partial charge in [0.25, 0.3) is 0 Å². The van der Waals surface area contributed by atoms with E-state index in [2.05, 4.69) is 6.07 Å². The summed E-state index contributed by atoms with van der Waals surface area (Å²) >= 11 is 0. The Hall–Kier alpha value is -2.16. The average Bonchev–Trinajstić information content (AvgIpc) is 3.15. The molecule has 1 spiro atoms. The van der Waals surface area contributed by atoms with Crippen molar-refractivity contribution < 1.29 is 38.0 Å². The lowest BCUT2D eigenvalue weighted by Gasteiger charge is -2.61. The number of benzene rings is 1. The SMILES string of the molecule is COCCOCCOCC(=O)OC12CCC(=O)[C@@H]3Oc4c(OC)ccc5c4[C@@]31CCC[C@@H]2C5. The lowest BCUT2D eigenvalue weighted by atomic mass is 9.45. The number of ether oxygens (including phenoxy) is 6. The van der Waals surface area contributed by atoms with Crippen molar-refractivity contribution in [2.45, 2.75) is 55.6 Å². The Morgan fingerprint density at radius 3 is 2.76 bits per heavy atom. The van der Waals surface area contributed by atoms with E-state index in [-0.39, 0.29) is 18.3 Å². The lowest BCUT2D eigenvalue weighted by molar-refractivity contribution is -0.211. The molecule has 1 heterocycles. The second-order valence-electron chi connectivity index (χ2n) is 9.38. The molecular weight excluding hydrogens is 428 g/mol. The third-order valence-corrected chi connectivity index (χ3v) is 7.92. The van der Waals surface area contributed by atoms with Crippen LogP contribution in [0.3, 0.4) is 0 Å². The van der Waals surface area contributed by atoms with Crippen molar-refractivity contribution in [3.05, 3.63) is 23.3 Å². The zero-order chi connectivity index (χ0) is 23.1. The number of carbonyl (C=O) groups is 2. The Morgan fingerprint density at radius 2 is 1.94 bits per heavy atom. The van der Waals surface area contributed by atoms with E-state index < -0.39 is 23.1 Å². The predicted molar refractivity (Wildman–Crippen MR) is 117 cm³/mol. The topological polar surface area (TPSA) is 89.5 Å². The van der Waals surface area contributed by atoms with Gasteiger partial charge >= 0.3 is 5.97 Å². The minimum Gasteiger partial charge on any atom is -0.493 e. The number of ketones is 1. The Kier molecular flexibility index (Phi) is 6.09. The summed E-state index contributed by atoms with van der Waals surface area (Å²) in [5, 5.41) is 0. The fourth-order valence-corrected chi connectivity index (χ4v) is 6.73. The summed E-state index contributed by atoms with van der Waals surface area (Å²) < 4.78 is 34.1. The molecule has 1 aliphatic heterocycles. The molecule has 1 aromatic rings. The molecule has 5 rings (SSSR count). The molecule has 4 atom stereocenters. The van der Waals surface area contributed by atoms with E-state index in [0.717, 1.165) is 31.2 Å². The number of hydrogen-bond acceptors (Lipinski definition) is 8. The third kappa shape index (κ3) is 3.37. The fourth-order valence-electron chi connectivity index (χ4n) is 6.73. The number of rotatable bonds is 10. The molecule has 2 fully saturated rings. The van der Waals surface area contributed by atoms with Gasteiger partial charge in [-0.3, -0.25) is 4.79 Å². The monoisotopic (exact) mass is 460 g/mol. The zero-order valence-electron chi connectivity index (χ0n) is 19.4. The summed E-state index contributed by atoms with van der Waals surface area (Å²) in [5.41, 5.74) is 0.797. The van der Waals surface area contributed by atoms with Crippen LogP contribution in [0.5, 0.6) is 11.5 Å². The number of esters is 1. The van der Waals surface area contributed by atoms with Gasteiger partial charge in [0.05, 0.1) is 39.0 Å². The molecule has 1 aromatic carbocycles. The first-order valence-electron chi connectivity index (χ1n) is 11.8. The maximum atomic E-state index is 13.1. The van der Waals surface area contributed by atoms with Gasteiger partial charge < -0.3 is 28.4 Å². The molecule has 33 heavy (non-hydrogen) atoms. The second kappa shape index (κ2) is 8.89. The van der Waals surface area contributed by atoms with Gasteiger partial charge in [-0.05, 0) is 37.3 Å². The van der Waals surface area contributed by atoms with Crippen LogP contribution in [-0.4, -0.2) is 70.7 Å². The van der Waals surface area contributed by atoms with Crippen molar-refractivity contribution in [1.29, 1.82) is 0 Å². The number of Topliss-reactive ketones (excluding diaryl/α,β-unsaturated/α-hetero) is 1. The number of hydrogen-bond donors (Lipinski definition) is 0. The highest BCUT2D eigenvalue weighted by Crippen LogP contribution is 2.68. The Balaban J connectivity index is 1.40. The van der Waals surface area contributed by atoms with E-state index >= 15 is 0 Å². The van der Waals surface area contributed by atoms with Gasteiger partial charge in [-0.1, -0.05) is 12.5 Å². The minimum atomic E-state index is -0.760. The zero-order valence-corrected chi connectivity index (χ0v) is 19.4. The van der Waals surface area contributed by atoms with Crippen LogP contribution in [0, 0.1) is 5.92 Å². The van der Waals surface area contributed by atoms with Crippen molar-refractivity contribution in [2.75, 3.05) is 47.3 Å². The fraction of sp³-hybridized carbons (Fsp3) is 0.680. The van der Waals surface area contributed by atoms with Crippen LogP contribution in [0.25, 0.3) is 0 Å². The smallest absolute Gasteiger partial charge is 0.332 e. The maximum absolute atomic E-state index is 13.1. The van der Waals surface area contributed by atoms with Crippen molar-refractivity contribution >= 4 is 11.8 Å². The van der Waals surface area contributed by atoms with Gasteiger partial charge in [0, 0.05) is 25.0 Å². The summed E-state index contributed by atoms with van der Waals surface area (Å²) in [5.74, 6) is 1.12. The van der Waals surface area contributed by atoms with E-state index in [9.17, 15) is 9.59 Å². The van der Waals surface area contributed by atoms with Gasteiger partial charge in [-0.2, -0.15) is 0 Å². The van der Waals surface area contributed by atoms with Crippen molar-refractivity contribution in [3.63, 3.8) is 0 Å². The lowest BCUT2D eigenvalue weighted by Crippen LogP contribution is -2.71. The number of carbonyl (C=O) groups excluding carboxylic acids is 2. The van der Waals surface area contributed by atoms with Crippen LogP contribution < -0.4 is 9.47 Å². The largest absolute Gasteiger partial charge is 0.493 e. The molecule has 8 nitrogen and oxygen atoms in total. The van der Waals surface area contributed by atoms with Crippen LogP contribution in [0.2, 0.25) is 0 Å². The van der Waals surface area contributed by atoms with Crippen LogP contribution in [0.4, 0.5) is 0 Å². The molecule has 0 aromatic heterocycles. The molecular formula is C25H32O8. The first kappa shape index (κ1) is 22.6. The Labute approximate surface area is 193 Å². The van der Waals surface area contributed by atoms with Gasteiger partial charge in [-0.15, -0.1) is 0 Å². The molecule has 1 unspecified atom stereocenters. The summed E-state index contributed by atoms with van der Waals surface area (Å²) in [7, 11) is 3.23. The molecule has 0 radical (unpaired) electrons. The summed E-state index contributed by atoms with van der Waals surface area (Å²) in [6, 6.07) is 4.00. The van der Waals surface area contributed by atoms with Crippen LogP contribution in [0.1, 0.15) is 43.2 Å². The second-order valence-corrected chi connectivity index (χ2v) is 9.38. The molecule has 180 valence electrons. The molecule has 0 saturated heterocycles. The van der Waals surface area contributed by atoms with E-state index in [4.69, 9.17) is 28.4 Å². The Bertz CT molecular complexity index is 929. The van der Waals surface area contributed by atoms with Gasteiger partial charge in [-0.25, -0.2) is 4.79 Å². The van der Waals surface area contributed by atoms with Crippen LogP contribution in [-0.2, 0) is 40.4 Å². The minimum absolute atomic E-state index is 0.0814. The highest BCUT2D eigenvalue weighted by atomic mass is 16.6. The summed E-state index contributed by atoms with van der Waals surface area (Å²) in [6.07, 6.45) is 3.73. The highest BCUT2D eigenvalue weighted by Gasteiger charge is 2.74. The number of methoxy groups -OCH3 is 2. The van der Waals surface area contributed by atoms with Crippen molar-refractivity contribution in [1.82, 2.24) is 0 Å². The molecule has 2 bridgehead atoms. The highest BCUT2D eigenvalue weighted by molar-refractivity contribution is 5.90. The van der Waals surface area contributed by atoms with E-state index in [1.807, 2.05) is 6.07 Å². The molecule has 0 amide bonds. The predicted octanol–water partition coefficient (Wildman–Crippen LogP) is 2.37.